The molecule has 0 radical (unpaired) electrons. The van der Waals surface area contributed by atoms with E-state index in [4.69, 9.17) is 5.26 Å². The molecule has 30 heavy (non-hydrogen) atoms. The average Bonchev–Trinajstić information content (AvgIpc) is 3.17. The average molecular weight is 403 g/mol. The molecule has 2 aromatic rings. The van der Waals surface area contributed by atoms with E-state index in [1.165, 1.54) is 12.3 Å². The van der Waals surface area contributed by atoms with Crippen LogP contribution in [0.5, 0.6) is 0 Å². The van der Waals surface area contributed by atoms with E-state index >= 15 is 0 Å². The summed E-state index contributed by atoms with van der Waals surface area (Å²) in [6.07, 6.45) is 6.56. The molecular formula is C19H17N9O2. The van der Waals surface area contributed by atoms with E-state index in [2.05, 4.69) is 37.1 Å². The lowest BCUT2D eigenvalue weighted by Crippen LogP contribution is -2.47. The minimum Gasteiger partial charge on any atom is -0.368 e. The van der Waals surface area contributed by atoms with Gasteiger partial charge in [0.05, 0.1) is 23.1 Å². The van der Waals surface area contributed by atoms with Crippen molar-refractivity contribution in [2.75, 3.05) is 18.4 Å². The summed E-state index contributed by atoms with van der Waals surface area (Å²) in [5.74, 6) is 0.197. The highest BCUT2D eigenvalue weighted by atomic mass is 16.6. The summed E-state index contributed by atoms with van der Waals surface area (Å²) in [6, 6.07) is 12.2. The Kier molecular flexibility index (Phi) is 4.96. The predicted octanol–water partition coefficient (Wildman–Crippen LogP) is 1.45. The number of fused-ring (bicyclic) bond motifs is 1. The zero-order valence-electron chi connectivity index (χ0n) is 15.7. The second kappa shape index (κ2) is 7.88. The number of pyridine rings is 1. The van der Waals surface area contributed by atoms with Crippen molar-refractivity contribution in [2.24, 2.45) is 9.98 Å². The fraction of sp³-hybridized carbons (Fsp3) is 0.158. The summed E-state index contributed by atoms with van der Waals surface area (Å²) in [5, 5.41) is 27.9. The normalized spacial score (nSPS) is 20.2. The van der Waals surface area contributed by atoms with E-state index < -0.39 is 10.7 Å². The summed E-state index contributed by atoms with van der Waals surface area (Å²) >= 11 is 0. The van der Waals surface area contributed by atoms with Crippen molar-refractivity contribution in [3.8, 4) is 6.07 Å². The van der Waals surface area contributed by atoms with Gasteiger partial charge in [-0.2, -0.15) is 5.26 Å². The second-order valence-corrected chi connectivity index (χ2v) is 6.40. The van der Waals surface area contributed by atoms with Crippen LogP contribution in [0.2, 0.25) is 0 Å². The first-order valence-electron chi connectivity index (χ1n) is 9.06. The van der Waals surface area contributed by atoms with Gasteiger partial charge in [0, 0.05) is 30.6 Å². The number of aliphatic imine (C=N–C) groups is 2. The minimum atomic E-state index is -0.880. The monoisotopic (exact) mass is 403 g/mol. The minimum absolute atomic E-state index is 0.0569. The molecule has 1 aromatic carbocycles. The molecule has 150 valence electrons. The first kappa shape index (κ1) is 18.9. The fourth-order valence-corrected chi connectivity index (χ4v) is 3.05. The van der Waals surface area contributed by atoms with Crippen molar-refractivity contribution >= 4 is 23.7 Å². The number of hydrogen-bond acceptors (Lipinski definition) is 8. The summed E-state index contributed by atoms with van der Waals surface area (Å²) in [4.78, 5) is 23.3. The van der Waals surface area contributed by atoms with Gasteiger partial charge in [-0.15, -0.1) is 0 Å². The smallest absolute Gasteiger partial charge is 0.287 e. The maximum Gasteiger partial charge on any atom is 0.287 e. The molecule has 11 nitrogen and oxygen atoms in total. The zero-order chi connectivity index (χ0) is 21.0. The highest BCUT2D eigenvalue weighted by Crippen LogP contribution is 2.31. The molecule has 0 amide bonds. The Balaban J connectivity index is 1.41. The van der Waals surface area contributed by atoms with E-state index in [9.17, 15) is 10.1 Å². The van der Waals surface area contributed by atoms with Crippen molar-refractivity contribution in [1.82, 2.24) is 20.7 Å². The number of benzene rings is 1. The van der Waals surface area contributed by atoms with Gasteiger partial charge < -0.3 is 10.6 Å². The predicted molar refractivity (Wildman–Crippen MR) is 110 cm³/mol. The number of guanidine groups is 1. The Morgan fingerprint density at radius 1 is 1.30 bits per heavy atom. The van der Waals surface area contributed by atoms with Crippen LogP contribution in [-0.2, 0) is 5.79 Å². The molecule has 4 rings (SSSR count). The number of anilines is 1. The Morgan fingerprint density at radius 2 is 2.13 bits per heavy atom. The Hall–Kier alpha value is -4.46. The quantitative estimate of drug-likeness (QED) is 0.373. The van der Waals surface area contributed by atoms with E-state index in [0.29, 0.717) is 30.4 Å². The van der Waals surface area contributed by atoms with E-state index in [-0.39, 0.29) is 5.69 Å². The number of rotatable bonds is 6. The molecule has 2 aliphatic rings. The number of hydrogen-bond donors (Lipinski definition) is 3. The number of nitriles is 1. The Labute approximate surface area is 171 Å². The van der Waals surface area contributed by atoms with Crippen molar-refractivity contribution < 1.29 is 4.92 Å². The SMILES string of the molecule is N#Cc1ccc(C23N=CC=CN2NC(=NCCNc2ccc([N+](=O)[O-])cn2)N3)cc1. The highest BCUT2D eigenvalue weighted by Gasteiger charge is 2.44. The highest BCUT2D eigenvalue weighted by molar-refractivity contribution is 5.84. The fourth-order valence-electron chi connectivity index (χ4n) is 3.05. The number of hydrazine groups is 1. The lowest BCUT2D eigenvalue weighted by Gasteiger charge is -2.33. The molecule has 1 saturated heterocycles. The van der Waals surface area contributed by atoms with Crippen LogP contribution in [0.4, 0.5) is 11.5 Å². The van der Waals surface area contributed by atoms with E-state index in [0.717, 1.165) is 5.56 Å². The lowest BCUT2D eigenvalue weighted by atomic mass is 10.1. The first-order chi connectivity index (χ1) is 14.6. The van der Waals surface area contributed by atoms with Crippen LogP contribution in [0.3, 0.4) is 0 Å². The molecule has 0 bridgehead atoms. The largest absolute Gasteiger partial charge is 0.368 e. The second-order valence-electron chi connectivity index (χ2n) is 6.40. The summed E-state index contributed by atoms with van der Waals surface area (Å²) < 4.78 is 0. The number of nitrogens with zero attached hydrogens (tertiary/aromatic N) is 6. The molecule has 1 aromatic heterocycles. The topological polar surface area (TPSA) is 144 Å². The first-order valence-corrected chi connectivity index (χ1v) is 9.06. The number of allylic oxidation sites excluding steroid dienone is 1. The van der Waals surface area contributed by atoms with Gasteiger partial charge in [-0.1, -0.05) is 12.1 Å². The van der Waals surface area contributed by atoms with Gasteiger partial charge in [0.2, 0.25) is 5.96 Å². The van der Waals surface area contributed by atoms with Crippen molar-refractivity contribution in [3.63, 3.8) is 0 Å². The molecule has 3 heterocycles. The van der Waals surface area contributed by atoms with Gasteiger partial charge in [-0.25, -0.2) is 20.0 Å². The maximum atomic E-state index is 10.7. The maximum absolute atomic E-state index is 10.7. The molecule has 11 heteroatoms. The lowest BCUT2D eigenvalue weighted by molar-refractivity contribution is -0.385. The molecule has 0 saturated carbocycles. The molecule has 0 aliphatic carbocycles. The third kappa shape index (κ3) is 3.61. The van der Waals surface area contributed by atoms with Gasteiger partial charge >= 0.3 is 0 Å². The third-order valence-corrected chi connectivity index (χ3v) is 4.51. The van der Waals surface area contributed by atoms with Crippen LogP contribution in [-0.4, -0.2) is 40.2 Å². The van der Waals surface area contributed by atoms with Crippen LogP contribution in [0.25, 0.3) is 0 Å². The van der Waals surface area contributed by atoms with E-state index in [1.54, 1.807) is 35.5 Å². The summed E-state index contributed by atoms with van der Waals surface area (Å²) in [5.41, 5.74) is 4.54. The molecule has 1 fully saturated rings. The summed E-state index contributed by atoms with van der Waals surface area (Å²) in [6.45, 7) is 0.916. The molecule has 1 atom stereocenters. The zero-order valence-corrected chi connectivity index (χ0v) is 15.7. The van der Waals surface area contributed by atoms with Crippen molar-refractivity contribution in [3.05, 3.63) is 76.1 Å². The van der Waals surface area contributed by atoms with Crippen molar-refractivity contribution in [1.29, 1.82) is 5.26 Å². The summed E-state index contributed by atoms with van der Waals surface area (Å²) in [7, 11) is 0. The Bertz CT molecular complexity index is 1070. The van der Waals surface area contributed by atoms with Gasteiger partial charge in [-0.05, 0) is 24.3 Å². The van der Waals surface area contributed by atoms with Gasteiger partial charge in [0.25, 0.3) is 11.5 Å². The number of nitro groups is 1. The van der Waals surface area contributed by atoms with Crippen LogP contribution in [0.15, 0.2) is 64.9 Å². The van der Waals surface area contributed by atoms with Crippen LogP contribution in [0.1, 0.15) is 11.1 Å². The van der Waals surface area contributed by atoms with Crippen LogP contribution < -0.4 is 16.1 Å². The van der Waals surface area contributed by atoms with E-state index in [1.807, 2.05) is 18.3 Å². The Morgan fingerprint density at radius 3 is 2.83 bits per heavy atom. The van der Waals surface area contributed by atoms with Crippen LogP contribution in [0, 0.1) is 21.4 Å². The molecular weight excluding hydrogens is 386 g/mol. The van der Waals surface area contributed by atoms with Crippen LogP contribution >= 0.6 is 0 Å². The molecule has 1 unspecified atom stereocenters. The standard InChI is InChI=1S/C19H17N9O2/c20-12-14-2-4-15(5-3-14)19-24-8-1-11-27(19)26-18(25-19)22-10-9-21-17-7-6-16(13-23-17)28(29)30/h1-8,11,13H,9-10H2,(H,21,23)(H2,22,25,26). The molecule has 3 N–H and O–H groups in total. The van der Waals surface area contributed by atoms with Gasteiger partial charge in [0.1, 0.15) is 12.0 Å². The van der Waals surface area contributed by atoms with Gasteiger partial charge in [-0.3, -0.25) is 15.5 Å². The molecule has 0 spiro atoms. The van der Waals surface area contributed by atoms with Gasteiger partial charge in [0.15, 0.2) is 0 Å². The molecule has 2 aliphatic heterocycles. The number of nitrogens with one attached hydrogen (secondary N) is 3. The third-order valence-electron chi connectivity index (χ3n) is 4.51. The van der Waals surface area contributed by atoms with Crippen molar-refractivity contribution in [2.45, 2.75) is 5.79 Å². The number of aromatic nitrogens is 1.